The third-order valence-corrected chi connectivity index (χ3v) is 5.34. The summed E-state index contributed by atoms with van der Waals surface area (Å²) in [6.07, 6.45) is 1.36. The van der Waals surface area contributed by atoms with Crippen LogP contribution >= 0.6 is 0 Å². The molecule has 0 aromatic heterocycles. The zero-order chi connectivity index (χ0) is 19.6. The highest BCUT2D eigenvalue weighted by atomic mass is 19.1. The number of nitrogens with zero attached hydrogens (tertiary/aromatic N) is 1. The van der Waals surface area contributed by atoms with Crippen LogP contribution in [0.1, 0.15) is 55.3 Å². The summed E-state index contributed by atoms with van der Waals surface area (Å²) in [7, 11) is 0. The normalized spacial score (nSPS) is 19.2. The molecule has 0 saturated carbocycles. The van der Waals surface area contributed by atoms with Crippen LogP contribution in [0.4, 0.5) is 8.78 Å². The highest BCUT2D eigenvalue weighted by Gasteiger charge is 2.32. The molecule has 1 heterocycles. The lowest BCUT2D eigenvalue weighted by molar-refractivity contribution is -0.143. The number of halogens is 2. The molecule has 5 heteroatoms. The number of rotatable bonds is 5. The smallest absolute Gasteiger partial charge is 0.307 e. The minimum absolute atomic E-state index is 0.350. The van der Waals surface area contributed by atoms with Gasteiger partial charge in [-0.3, -0.25) is 9.69 Å². The minimum Gasteiger partial charge on any atom is -0.481 e. The Bertz CT molecular complexity index is 804. The molecular weight excluding hydrogens is 348 g/mol. The van der Waals surface area contributed by atoms with Crippen molar-refractivity contribution in [3.63, 3.8) is 0 Å². The summed E-state index contributed by atoms with van der Waals surface area (Å²) in [5, 5.41) is 9.42. The maximum absolute atomic E-state index is 14.6. The second-order valence-corrected chi connectivity index (χ2v) is 7.56. The number of carbonyl (C=O) groups is 1. The molecule has 144 valence electrons. The molecule has 2 atom stereocenters. The van der Waals surface area contributed by atoms with E-state index in [1.165, 1.54) is 17.7 Å². The van der Waals surface area contributed by atoms with Gasteiger partial charge in [0.05, 0.1) is 12.0 Å². The predicted octanol–water partition coefficient (Wildman–Crippen LogP) is 4.97. The van der Waals surface area contributed by atoms with E-state index >= 15 is 0 Å². The lowest BCUT2D eigenvalue weighted by Crippen LogP contribution is -2.41. The number of hydrogen-bond donors (Lipinski definition) is 1. The van der Waals surface area contributed by atoms with Gasteiger partial charge < -0.3 is 5.11 Å². The predicted molar refractivity (Wildman–Crippen MR) is 101 cm³/mol. The van der Waals surface area contributed by atoms with Gasteiger partial charge in [0.2, 0.25) is 0 Å². The van der Waals surface area contributed by atoms with Crippen molar-refractivity contribution >= 4 is 5.97 Å². The molecule has 0 spiro atoms. The molecule has 1 fully saturated rings. The number of carboxylic acids is 1. The van der Waals surface area contributed by atoms with Gasteiger partial charge in [-0.25, -0.2) is 8.78 Å². The van der Waals surface area contributed by atoms with Crippen LogP contribution in [0.15, 0.2) is 42.5 Å². The van der Waals surface area contributed by atoms with Gasteiger partial charge >= 0.3 is 5.97 Å². The number of aliphatic carboxylic acids is 1. The number of hydrogen-bond acceptors (Lipinski definition) is 2. The summed E-state index contributed by atoms with van der Waals surface area (Å²) in [5.74, 6) is -2.14. The molecule has 2 aromatic rings. The molecule has 0 aliphatic carbocycles. The summed E-state index contributed by atoms with van der Waals surface area (Å²) >= 11 is 0. The van der Waals surface area contributed by atoms with Crippen molar-refractivity contribution in [2.45, 2.75) is 38.6 Å². The van der Waals surface area contributed by atoms with E-state index in [1.54, 1.807) is 0 Å². The first kappa shape index (κ1) is 19.5. The number of piperidine rings is 1. The van der Waals surface area contributed by atoms with Crippen molar-refractivity contribution in [1.82, 2.24) is 4.90 Å². The van der Waals surface area contributed by atoms with Crippen molar-refractivity contribution in [3.05, 3.63) is 70.8 Å². The van der Waals surface area contributed by atoms with Gasteiger partial charge in [-0.15, -0.1) is 0 Å². The molecule has 3 nitrogen and oxygen atoms in total. The number of likely N-dealkylation sites (tertiary alicyclic amines) is 1. The first-order chi connectivity index (χ1) is 12.9. The highest BCUT2D eigenvalue weighted by Crippen LogP contribution is 2.34. The van der Waals surface area contributed by atoms with E-state index in [1.807, 2.05) is 29.2 Å². The van der Waals surface area contributed by atoms with E-state index in [9.17, 15) is 18.7 Å². The standard InChI is InChI=1S/C22H25F2NO2/c1-14(2)15-5-7-16(8-6-15)21(19-10-9-18(23)12-20(19)24)25-11-3-4-17(13-25)22(26)27/h5-10,12,14,17,21H,3-4,11,13H2,1-2H3,(H,26,27). The lowest BCUT2D eigenvalue weighted by atomic mass is 9.90. The molecule has 2 aromatic carbocycles. The van der Waals surface area contributed by atoms with Gasteiger partial charge in [0.25, 0.3) is 0 Å². The monoisotopic (exact) mass is 373 g/mol. The van der Waals surface area contributed by atoms with E-state index < -0.39 is 29.6 Å². The van der Waals surface area contributed by atoms with Crippen molar-refractivity contribution in [2.75, 3.05) is 13.1 Å². The Balaban J connectivity index is 2.02. The lowest BCUT2D eigenvalue weighted by Gasteiger charge is -2.37. The molecule has 2 unspecified atom stereocenters. The van der Waals surface area contributed by atoms with E-state index in [0.717, 1.165) is 18.1 Å². The van der Waals surface area contributed by atoms with Crippen LogP contribution in [0.3, 0.4) is 0 Å². The first-order valence-electron chi connectivity index (χ1n) is 9.38. The average molecular weight is 373 g/mol. The summed E-state index contributed by atoms with van der Waals surface area (Å²) in [5.41, 5.74) is 2.44. The summed E-state index contributed by atoms with van der Waals surface area (Å²) in [4.78, 5) is 13.5. The van der Waals surface area contributed by atoms with Crippen LogP contribution in [0.25, 0.3) is 0 Å². The highest BCUT2D eigenvalue weighted by molar-refractivity contribution is 5.70. The Morgan fingerprint density at radius 1 is 1.11 bits per heavy atom. The third-order valence-electron chi connectivity index (χ3n) is 5.34. The Hall–Kier alpha value is -2.27. The van der Waals surface area contributed by atoms with E-state index in [4.69, 9.17) is 0 Å². The van der Waals surface area contributed by atoms with Crippen LogP contribution in [0, 0.1) is 17.6 Å². The zero-order valence-electron chi connectivity index (χ0n) is 15.7. The second kappa shape index (κ2) is 8.17. The minimum atomic E-state index is -0.826. The van der Waals surface area contributed by atoms with Crippen molar-refractivity contribution in [2.24, 2.45) is 5.92 Å². The SMILES string of the molecule is CC(C)c1ccc(C(c2ccc(F)cc2F)N2CCCC(C(=O)O)C2)cc1. The van der Waals surface area contributed by atoms with Crippen LogP contribution in [0.2, 0.25) is 0 Å². The molecule has 1 saturated heterocycles. The van der Waals surface area contributed by atoms with E-state index in [0.29, 0.717) is 31.0 Å². The zero-order valence-corrected chi connectivity index (χ0v) is 15.7. The quantitative estimate of drug-likeness (QED) is 0.804. The maximum Gasteiger partial charge on any atom is 0.307 e. The summed E-state index contributed by atoms with van der Waals surface area (Å²) in [6, 6.07) is 11.2. The van der Waals surface area contributed by atoms with Crippen LogP contribution < -0.4 is 0 Å². The van der Waals surface area contributed by atoms with E-state index in [2.05, 4.69) is 13.8 Å². The average Bonchev–Trinajstić information content (AvgIpc) is 2.64. The number of carboxylic acid groups (broad SMARTS) is 1. The van der Waals surface area contributed by atoms with Crippen molar-refractivity contribution in [3.8, 4) is 0 Å². The van der Waals surface area contributed by atoms with Crippen LogP contribution in [-0.4, -0.2) is 29.1 Å². The fraction of sp³-hybridized carbons (Fsp3) is 0.409. The topological polar surface area (TPSA) is 40.5 Å². The Labute approximate surface area is 158 Å². The Morgan fingerprint density at radius 2 is 1.78 bits per heavy atom. The summed E-state index contributed by atoms with van der Waals surface area (Å²) in [6.45, 7) is 5.24. The molecule has 27 heavy (non-hydrogen) atoms. The summed E-state index contributed by atoms with van der Waals surface area (Å²) < 4.78 is 28.1. The van der Waals surface area contributed by atoms with E-state index in [-0.39, 0.29) is 0 Å². The van der Waals surface area contributed by atoms with Crippen LogP contribution in [0.5, 0.6) is 0 Å². The molecular formula is C22H25F2NO2. The molecule has 1 N–H and O–H groups in total. The molecule has 3 rings (SSSR count). The number of benzene rings is 2. The fourth-order valence-electron chi connectivity index (χ4n) is 3.82. The molecule has 1 aliphatic heterocycles. The van der Waals surface area contributed by atoms with Gasteiger partial charge in [-0.05, 0) is 42.5 Å². The van der Waals surface area contributed by atoms with Gasteiger partial charge in [0.1, 0.15) is 11.6 Å². The third kappa shape index (κ3) is 4.35. The Kier molecular flexibility index (Phi) is 5.90. The van der Waals surface area contributed by atoms with Gasteiger partial charge in [-0.2, -0.15) is 0 Å². The van der Waals surface area contributed by atoms with Crippen molar-refractivity contribution in [1.29, 1.82) is 0 Å². The van der Waals surface area contributed by atoms with Gasteiger partial charge in [-0.1, -0.05) is 44.2 Å². The van der Waals surface area contributed by atoms with Crippen LogP contribution in [-0.2, 0) is 4.79 Å². The maximum atomic E-state index is 14.6. The fourth-order valence-corrected chi connectivity index (χ4v) is 3.82. The Morgan fingerprint density at radius 3 is 2.37 bits per heavy atom. The molecule has 1 aliphatic rings. The molecule has 0 bridgehead atoms. The van der Waals surface area contributed by atoms with Gasteiger partial charge in [0.15, 0.2) is 0 Å². The van der Waals surface area contributed by atoms with Crippen molar-refractivity contribution < 1.29 is 18.7 Å². The first-order valence-corrected chi connectivity index (χ1v) is 9.38. The molecule has 0 amide bonds. The molecule has 0 radical (unpaired) electrons. The largest absolute Gasteiger partial charge is 0.481 e. The second-order valence-electron chi connectivity index (χ2n) is 7.56. The van der Waals surface area contributed by atoms with Gasteiger partial charge in [0, 0.05) is 18.2 Å².